The number of aromatic nitrogens is 2. The molecule has 0 saturated carbocycles. The highest BCUT2D eigenvalue weighted by Crippen LogP contribution is 2.35. The van der Waals surface area contributed by atoms with E-state index in [1.54, 1.807) is 18.7 Å². The summed E-state index contributed by atoms with van der Waals surface area (Å²) in [6, 6.07) is 2.63. The van der Waals surface area contributed by atoms with E-state index in [1.807, 2.05) is 0 Å². The Balaban J connectivity index is 2.07. The van der Waals surface area contributed by atoms with Gasteiger partial charge in [0.1, 0.15) is 5.82 Å². The lowest BCUT2D eigenvalue weighted by molar-refractivity contribution is -0.0102. The largest absolute Gasteiger partial charge is 0.356 e. The summed E-state index contributed by atoms with van der Waals surface area (Å²) < 4.78 is 51.1. The van der Waals surface area contributed by atoms with E-state index < -0.39 is 21.9 Å². The highest BCUT2D eigenvalue weighted by molar-refractivity contribution is 7.89. The summed E-state index contributed by atoms with van der Waals surface area (Å²) in [5.74, 6) is -3.01. The minimum absolute atomic E-state index is 0.0370. The number of carbonyl (C=O) groups is 1. The topological polar surface area (TPSA) is 109 Å². The zero-order valence-electron chi connectivity index (χ0n) is 17.9. The van der Waals surface area contributed by atoms with Gasteiger partial charge in [-0.05, 0) is 31.9 Å². The third kappa shape index (κ3) is 5.00. The number of nitrogens with two attached hydrogens (primary N) is 1. The van der Waals surface area contributed by atoms with Crippen LogP contribution in [0.4, 0.5) is 20.3 Å². The molecule has 0 unspecified atom stereocenters. The number of pyridine rings is 2. The smallest absolute Gasteiger partial charge is 0.262 e. The van der Waals surface area contributed by atoms with Crippen LogP contribution in [0.5, 0.6) is 0 Å². The summed E-state index contributed by atoms with van der Waals surface area (Å²) in [5, 5.41) is 5.05. The molecule has 2 aromatic heterocycles. The second kappa shape index (κ2) is 8.87. The number of hydrogen-bond donors (Lipinski definition) is 1. The molecule has 8 nitrogen and oxygen atoms in total. The van der Waals surface area contributed by atoms with E-state index >= 15 is 0 Å². The van der Waals surface area contributed by atoms with Gasteiger partial charge in [0.2, 0.25) is 5.92 Å². The van der Waals surface area contributed by atoms with Crippen LogP contribution in [0.1, 0.15) is 40.9 Å². The first-order valence-corrected chi connectivity index (χ1v) is 11.8. The Morgan fingerprint density at radius 1 is 1.28 bits per heavy atom. The molecule has 0 radical (unpaired) electrons. The molecule has 0 atom stereocenters. The molecule has 12 heteroatoms. The SMILES string of the molecule is Cc1nc(N2CCCC(F)(F)CC2)c(C(=O)N(C)c2ccnc(S(N)(=O)=O)c2)c(C)c1Cl. The molecule has 3 rings (SSSR count). The molecule has 1 fully saturated rings. The first kappa shape index (κ1) is 24.3. The molecule has 174 valence electrons. The van der Waals surface area contributed by atoms with Crippen LogP contribution in [0.2, 0.25) is 5.02 Å². The predicted molar refractivity (Wildman–Crippen MR) is 118 cm³/mol. The van der Waals surface area contributed by atoms with Crippen molar-refractivity contribution in [2.45, 2.75) is 44.1 Å². The van der Waals surface area contributed by atoms with E-state index in [4.69, 9.17) is 16.7 Å². The van der Waals surface area contributed by atoms with Crippen LogP contribution in [-0.2, 0) is 10.0 Å². The van der Waals surface area contributed by atoms with Crippen molar-refractivity contribution in [2.24, 2.45) is 5.14 Å². The third-order valence-electron chi connectivity index (χ3n) is 5.45. The zero-order chi connectivity index (χ0) is 23.8. The molecule has 1 aliphatic rings. The summed E-state index contributed by atoms with van der Waals surface area (Å²) in [6.07, 6.45) is 0.900. The van der Waals surface area contributed by atoms with Gasteiger partial charge in [-0.15, -0.1) is 0 Å². The molecule has 2 aromatic rings. The van der Waals surface area contributed by atoms with Crippen LogP contribution in [0, 0.1) is 13.8 Å². The van der Waals surface area contributed by atoms with E-state index in [-0.39, 0.29) is 47.9 Å². The molecule has 0 aromatic carbocycles. The predicted octanol–water partition coefficient (Wildman–Crippen LogP) is 3.30. The number of rotatable bonds is 4. The molecular weight excluding hydrogens is 464 g/mol. The Bertz CT molecular complexity index is 1160. The fourth-order valence-corrected chi connectivity index (χ4v) is 4.25. The Hall–Kier alpha value is -2.37. The van der Waals surface area contributed by atoms with E-state index in [0.717, 1.165) is 0 Å². The normalized spacial score (nSPS) is 16.5. The molecule has 3 heterocycles. The van der Waals surface area contributed by atoms with Crippen LogP contribution in [0.3, 0.4) is 0 Å². The summed E-state index contributed by atoms with van der Waals surface area (Å²) >= 11 is 6.37. The van der Waals surface area contributed by atoms with E-state index in [0.29, 0.717) is 22.8 Å². The lowest BCUT2D eigenvalue weighted by Crippen LogP contribution is -2.33. The molecule has 2 N–H and O–H groups in total. The minimum atomic E-state index is -4.07. The average molecular weight is 488 g/mol. The number of halogens is 3. The van der Waals surface area contributed by atoms with Crippen molar-refractivity contribution in [3.8, 4) is 0 Å². The number of primary sulfonamides is 1. The number of sulfonamides is 1. The second-order valence-corrected chi connectivity index (χ2v) is 9.68. The Kier molecular flexibility index (Phi) is 6.73. The highest BCUT2D eigenvalue weighted by Gasteiger charge is 2.34. The maximum Gasteiger partial charge on any atom is 0.262 e. The van der Waals surface area contributed by atoms with Gasteiger partial charge in [0.15, 0.2) is 5.03 Å². The monoisotopic (exact) mass is 487 g/mol. The highest BCUT2D eigenvalue weighted by atomic mass is 35.5. The first-order valence-electron chi connectivity index (χ1n) is 9.88. The van der Waals surface area contributed by atoms with Gasteiger partial charge in [0.05, 0.1) is 16.3 Å². The van der Waals surface area contributed by atoms with Gasteiger partial charge in [-0.2, -0.15) is 0 Å². The standard InChI is InChI=1S/C20H24ClF2N5O3S/c1-12-16(19(29)27(3)14-5-8-25-15(11-14)32(24,30)31)18(26-13(2)17(12)21)28-9-4-6-20(22,23)7-10-28/h5,8,11H,4,6-7,9-10H2,1-3H3,(H2,24,30,31). The van der Waals surface area contributed by atoms with Gasteiger partial charge in [0.25, 0.3) is 15.9 Å². The van der Waals surface area contributed by atoms with E-state index in [9.17, 15) is 22.0 Å². The zero-order valence-corrected chi connectivity index (χ0v) is 19.5. The number of carbonyl (C=O) groups excluding carboxylic acids is 1. The van der Waals surface area contributed by atoms with Crippen LogP contribution in [0.25, 0.3) is 0 Å². The lowest BCUT2D eigenvalue weighted by atomic mass is 10.1. The van der Waals surface area contributed by atoms with E-state index in [2.05, 4.69) is 9.97 Å². The van der Waals surface area contributed by atoms with Gasteiger partial charge < -0.3 is 9.80 Å². The number of anilines is 2. The van der Waals surface area contributed by atoms with Crippen molar-refractivity contribution in [2.75, 3.05) is 29.9 Å². The number of amides is 1. The lowest BCUT2D eigenvalue weighted by Gasteiger charge is -2.28. The van der Waals surface area contributed by atoms with Crippen molar-refractivity contribution in [3.63, 3.8) is 0 Å². The first-order chi connectivity index (χ1) is 14.8. The molecule has 0 spiro atoms. The van der Waals surface area contributed by atoms with Crippen molar-refractivity contribution in [3.05, 3.63) is 40.2 Å². The van der Waals surface area contributed by atoms with Crippen molar-refractivity contribution in [1.29, 1.82) is 0 Å². The molecule has 0 bridgehead atoms. The van der Waals surface area contributed by atoms with Crippen LogP contribution in [0.15, 0.2) is 23.4 Å². The van der Waals surface area contributed by atoms with Crippen molar-refractivity contribution < 1.29 is 22.0 Å². The number of aryl methyl sites for hydroxylation is 1. The van der Waals surface area contributed by atoms with Crippen LogP contribution >= 0.6 is 11.6 Å². The van der Waals surface area contributed by atoms with Crippen LogP contribution < -0.4 is 14.9 Å². The quantitative estimate of drug-likeness (QED) is 0.708. The van der Waals surface area contributed by atoms with Gasteiger partial charge in [-0.1, -0.05) is 11.6 Å². The van der Waals surface area contributed by atoms with Gasteiger partial charge in [0, 0.05) is 50.9 Å². The molecule has 0 aliphatic carbocycles. The van der Waals surface area contributed by atoms with Gasteiger partial charge >= 0.3 is 0 Å². The fraction of sp³-hybridized carbons (Fsp3) is 0.450. The summed E-state index contributed by atoms with van der Waals surface area (Å²) in [4.78, 5) is 24.6. The maximum atomic E-state index is 13.9. The summed E-state index contributed by atoms with van der Waals surface area (Å²) in [5.41, 5.74) is 1.35. The summed E-state index contributed by atoms with van der Waals surface area (Å²) in [6.45, 7) is 3.70. The summed E-state index contributed by atoms with van der Waals surface area (Å²) in [7, 11) is -2.62. The number of hydrogen-bond acceptors (Lipinski definition) is 6. The molecule has 1 saturated heterocycles. The van der Waals surface area contributed by atoms with Gasteiger partial charge in [-0.3, -0.25) is 4.79 Å². The Morgan fingerprint density at radius 2 is 1.97 bits per heavy atom. The molecule has 1 amide bonds. The second-order valence-electron chi connectivity index (χ2n) is 7.79. The fourth-order valence-electron chi connectivity index (χ4n) is 3.62. The number of nitrogens with zero attached hydrogens (tertiary/aromatic N) is 4. The maximum absolute atomic E-state index is 13.9. The average Bonchev–Trinajstić information content (AvgIpc) is 2.90. The Morgan fingerprint density at radius 3 is 2.62 bits per heavy atom. The van der Waals surface area contributed by atoms with Gasteiger partial charge in [-0.25, -0.2) is 32.3 Å². The van der Waals surface area contributed by atoms with Crippen LogP contribution in [-0.4, -0.2) is 50.4 Å². The minimum Gasteiger partial charge on any atom is -0.356 e. The Labute approximate surface area is 190 Å². The van der Waals surface area contributed by atoms with E-state index in [1.165, 1.54) is 30.3 Å². The third-order valence-corrected chi connectivity index (χ3v) is 6.82. The molecular formula is C20H24ClF2N5O3S. The number of alkyl halides is 2. The van der Waals surface area contributed by atoms with Crippen molar-refractivity contribution in [1.82, 2.24) is 9.97 Å². The molecule has 1 aliphatic heterocycles. The van der Waals surface area contributed by atoms with Crippen molar-refractivity contribution >= 4 is 39.0 Å². The molecule has 32 heavy (non-hydrogen) atoms.